The van der Waals surface area contributed by atoms with E-state index < -0.39 is 15.6 Å². The van der Waals surface area contributed by atoms with E-state index in [2.05, 4.69) is 31.1 Å². The predicted octanol–water partition coefficient (Wildman–Crippen LogP) is 0.833. The third kappa shape index (κ3) is 4.39. The second kappa shape index (κ2) is 6.14. The fourth-order valence-corrected chi connectivity index (χ4v) is 2.98. The number of rotatable bonds is 6. The Labute approximate surface area is 121 Å². The van der Waals surface area contributed by atoms with E-state index in [-0.39, 0.29) is 17.3 Å². The summed E-state index contributed by atoms with van der Waals surface area (Å²) >= 11 is 3.17. The number of nitrogens with two attached hydrogens (primary N) is 1. The maximum absolute atomic E-state index is 12.2. The van der Waals surface area contributed by atoms with Crippen molar-refractivity contribution in [3.8, 4) is 0 Å². The molecule has 0 saturated carbocycles. The number of nitrogen functional groups attached to an aromatic ring is 1. The van der Waals surface area contributed by atoms with Crippen LogP contribution in [0.4, 0.5) is 5.82 Å². The number of nitrogens with one attached hydrogen (secondary N) is 2. The van der Waals surface area contributed by atoms with Gasteiger partial charge >= 0.3 is 0 Å². The molecule has 0 saturated heterocycles. The van der Waals surface area contributed by atoms with Crippen molar-refractivity contribution in [2.75, 3.05) is 19.1 Å². The topological polar surface area (TPSA) is 106 Å². The number of hydrogen-bond acceptors (Lipinski definition) is 6. The Bertz CT molecular complexity index is 548. The third-order valence-electron chi connectivity index (χ3n) is 2.49. The van der Waals surface area contributed by atoms with E-state index in [1.54, 1.807) is 13.8 Å². The lowest BCUT2D eigenvalue weighted by molar-refractivity contribution is 0.0276. The number of sulfonamides is 1. The van der Waals surface area contributed by atoms with Crippen LogP contribution in [-0.4, -0.2) is 32.7 Å². The highest BCUT2D eigenvalue weighted by atomic mass is 79.9. The molecule has 9 heteroatoms. The minimum absolute atomic E-state index is 0.0312. The van der Waals surface area contributed by atoms with Gasteiger partial charge in [0, 0.05) is 24.3 Å². The molecule has 19 heavy (non-hydrogen) atoms. The van der Waals surface area contributed by atoms with Gasteiger partial charge < -0.3 is 10.2 Å². The van der Waals surface area contributed by atoms with Crippen LogP contribution in [0.25, 0.3) is 0 Å². The maximum atomic E-state index is 12.2. The molecule has 0 amide bonds. The molecule has 0 bridgehead atoms. The van der Waals surface area contributed by atoms with E-state index in [0.717, 1.165) is 0 Å². The van der Waals surface area contributed by atoms with E-state index in [1.807, 2.05) is 0 Å². The van der Waals surface area contributed by atoms with E-state index in [9.17, 15) is 8.42 Å². The van der Waals surface area contributed by atoms with Gasteiger partial charge in [0.15, 0.2) is 5.82 Å². The molecule has 0 radical (unpaired) electrons. The summed E-state index contributed by atoms with van der Waals surface area (Å²) in [5.74, 6) is 5.34. The predicted molar refractivity (Wildman–Crippen MR) is 76.0 cm³/mol. The highest BCUT2D eigenvalue weighted by Crippen LogP contribution is 2.22. The van der Waals surface area contributed by atoms with Crippen LogP contribution in [0.3, 0.4) is 0 Å². The molecule has 0 aliphatic rings. The lowest BCUT2D eigenvalue weighted by atomic mass is 10.1. The maximum Gasteiger partial charge on any atom is 0.244 e. The van der Waals surface area contributed by atoms with Gasteiger partial charge in [-0.05, 0) is 35.8 Å². The number of hydrogen-bond donors (Lipinski definition) is 3. The Kier molecular flexibility index (Phi) is 5.27. The summed E-state index contributed by atoms with van der Waals surface area (Å²) < 4.78 is 32.6. The Morgan fingerprint density at radius 1 is 1.53 bits per heavy atom. The van der Waals surface area contributed by atoms with Gasteiger partial charge in [-0.15, -0.1) is 0 Å². The quantitative estimate of drug-likeness (QED) is 0.517. The smallest absolute Gasteiger partial charge is 0.244 e. The monoisotopic (exact) mass is 352 g/mol. The number of anilines is 1. The number of aromatic nitrogens is 1. The summed E-state index contributed by atoms with van der Waals surface area (Å²) in [6.07, 6.45) is 1.45. The van der Waals surface area contributed by atoms with Gasteiger partial charge in [-0.1, -0.05) is 0 Å². The summed E-state index contributed by atoms with van der Waals surface area (Å²) in [5, 5.41) is 0. The van der Waals surface area contributed by atoms with E-state index in [1.165, 1.54) is 19.4 Å². The molecule has 1 aromatic heterocycles. The molecule has 0 unspecified atom stereocenters. The van der Waals surface area contributed by atoms with Crippen LogP contribution in [-0.2, 0) is 14.8 Å². The van der Waals surface area contributed by atoms with Crippen molar-refractivity contribution in [1.29, 1.82) is 0 Å². The number of nitrogens with zero attached hydrogens (tertiary/aromatic N) is 1. The fraction of sp³-hybridized carbons (Fsp3) is 0.500. The van der Waals surface area contributed by atoms with Crippen molar-refractivity contribution >= 4 is 31.8 Å². The summed E-state index contributed by atoms with van der Waals surface area (Å²) in [6.45, 7) is 3.68. The first-order chi connectivity index (χ1) is 8.72. The Morgan fingerprint density at radius 2 is 2.16 bits per heavy atom. The molecule has 0 atom stereocenters. The number of halogens is 1. The molecule has 0 spiro atoms. The number of ether oxygens (including phenoxy) is 1. The average Bonchev–Trinajstić information content (AvgIpc) is 2.37. The third-order valence-corrected chi connectivity index (χ3v) is 4.33. The molecule has 0 aliphatic carbocycles. The van der Waals surface area contributed by atoms with E-state index in [0.29, 0.717) is 4.47 Å². The highest BCUT2D eigenvalue weighted by Gasteiger charge is 2.24. The van der Waals surface area contributed by atoms with Crippen LogP contribution in [0.2, 0.25) is 0 Å². The fourth-order valence-electron chi connectivity index (χ4n) is 1.15. The first-order valence-electron chi connectivity index (χ1n) is 5.39. The van der Waals surface area contributed by atoms with Gasteiger partial charge in [0.2, 0.25) is 10.0 Å². The van der Waals surface area contributed by atoms with Gasteiger partial charge in [0.05, 0.1) is 5.60 Å². The summed E-state index contributed by atoms with van der Waals surface area (Å²) in [7, 11) is -2.22. The van der Waals surface area contributed by atoms with Gasteiger partial charge in [-0.25, -0.2) is 24.0 Å². The lowest BCUT2D eigenvalue weighted by Gasteiger charge is -2.23. The van der Waals surface area contributed by atoms with Crippen molar-refractivity contribution < 1.29 is 13.2 Å². The second-order valence-corrected chi connectivity index (χ2v) is 7.08. The van der Waals surface area contributed by atoms with Crippen molar-refractivity contribution in [3.05, 3.63) is 16.7 Å². The average molecular weight is 353 g/mol. The first-order valence-corrected chi connectivity index (χ1v) is 7.66. The van der Waals surface area contributed by atoms with Crippen LogP contribution in [0, 0.1) is 0 Å². The molecule has 0 aromatic carbocycles. The molecule has 1 aromatic rings. The van der Waals surface area contributed by atoms with Gasteiger partial charge in [0.1, 0.15) is 4.90 Å². The molecule has 108 valence electrons. The largest absolute Gasteiger partial charge is 0.377 e. The van der Waals surface area contributed by atoms with Crippen LogP contribution >= 0.6 is 15.9 Å². The zero-order valence-electron chi connectivity index (χ0n) is 10.9. The van der Waals surface area contributed by atoms with Crippen LogP contribution in [0.1, 0.15) is 13.8 Å². The van der Waals surface area contributed by atoms with Gasteiger partial charge in [-0.3, -0.25) is 0 Å². The number of pyridine rings is 1. The molecule has 1 heterocycles. The van der Waals surface area contributed by atoms with Crippen LogP contribution in [0.5, 0.6) is 0 Å². The Hall–Kier alpha value is -0.740. The molecular formula is C10H17BrN4O3S. The highest BCUT2D eigenvalue weighted by molar-refractivity contribution is 9.10. The Balaban J connectivity index is 3.04. The first kappa shape index (κ1) is 16.3. The zero-order chi connectivity index (χ0) is 14.7. The van der Waals surface area contributed by atoms with Crippen LogP contribution < -0.4 is 16.0 Å². The van der Waals surface area contributed by atoms with E-state index >= 15 is 0 Å². The standard InChI is InChI=1S/C10H17BrN4O3S/c1-10(2,18-3)6-14-19(16,17)8-4-7(11)5-13-9(8)15-12/h4-5,14H,6,12H2,1-3H3,(H,13,15). The number of hydrazine groups is 1. The summed E-state index contributed by atoms with van der Waals surface area (Å²) in [5.41, 5.74) is 1.65. The van der Waals surface area contributed by atoms with Crippen molar-refractivity contribution in [2.45, 2.75) is 24.3 Å². The zero-order valence-corrected chi connectivity index (χ0v) is 13.3. The SMILES string of the molecule is COC(C)(C)CNS(=O)(=O)c1cc(Br)cnc1NN. The summed E-state index contributed by atoms with van der Waals surface area (Å²) in [4.78, 5) is 3.86. The molecule has 0 fully saturated rings. The van der Waals surface area contributed by atoms with Crippen molar-refractivity contribution in [1.82, 2.24) is 9.71 Å². The molecule has 4 N–H and O–H groups in total. The Morgan fingerprint density at radius 3 is 2.68 bits per heavy atom. The molecular weight excluding hydrogens is 336 g/mol. The van der Waals surface area contributed by atoms with E-state index in [4.69, 9.17) is 10.6 Å². The van der Waals surface area contributed by atoms with Gasteiger partial charge in [-0.2, -0.15) is 0 Å². The molecule has 7 nitrogen and oxygen atoms in total. The second-order valence-electron chi connectivity index (χ2n) is 4.43. The van der Waals surface area contributed by atoms with Crippen molar-refractivity contribution in [3.63, 3.8) is 0 Å². The molecule has 1 rings (SSSR count). The summed E-state index contributed by atoms with van der Waals surface area (Å²) in [6, 6.07) is 1.42. The minimum Gasteiger partial charge on any atom is -0.377 e. The van der Waals surface area contributed by atoms with Gasteiger partial charge in [0.25, 0.3) is 0 Å². The lowest BCUT2D eigenvalue weighted by Crippen LogP contribution is -2.40. The van der Waals surface area contributed by atoms with Crippen LogP contribution in [0.15, 0.2) is 21.6 Å². The molecule has 0 aliphatic heterocycles. The van der Waals surface area contributed by atoms with Crippen molar-refractivity contribution in [2.24, 2.45) is 5.84 Å². The number of methoxy groups -OCH3 is 1. The minimum atomic E-state index is -3.73. The normalized spacial score (nSPS) is 12.5.